The van der Waals surface area contributed by atoms with Gasteiger partial charge in [-0.15, -0.1) is 0 Å². The predicted molar refractivity (Wildman–Crippen MR) is 55.3 cm³/mol. The molecule has 3 unspecified atom stereocenters. The maximum atomic E-state index is 5.89. The Balaban J connectivity index is 1.73. The van der Waals surface area contributed by atoms with E-state index in [-0.39, 0.29) is 18.1 Å². The Morgan fingerprint density at radius 3 is 2.76 bits per heavy atom. The minimum atomic E-state index is -0.236. The van der Waals surface area contributed by atoms with Crippen molar-refractivity contribution < 1.29 is 18.7 Å². The summed E-state index contributed by atoms with van der Waals surface area (Å²) >= 11 is 0. The van der Waals surface area contributed by atoms with Crippen LogP contribution in [0.15, 0.2) is 4.52 Å². The van der Waals surface area contributed by atoms with E-state index in [9.17, 15) is 0 Å². The zero-order chi connectivity index (χ0) is 11.7. The minimum absolute atomic E-state index is 0.0132. The standard InChI is InChI=1S/C10H15N3O4/c11-7-4-15-3-6(7)10-12-9(13-17-10)8-5-14-1-2-16-8/h6-8H,1-5,11H2. The van der Waals surface area contributed by atoms with Crippen molar-refractivity contribution in [2.45, 2.75) is 18.1 Å². The van der Waals surface area contributed by atoms with Gasteiger partial charge < -0.3 is 24.5 Å². The highest BCUT2D eigenvalue weighted by Crippen LogP contribution is 2.25. The van der Waals surface area contributed by atoms with E-state index in [2.05, 4.69) is 10.1 Å². The van der Waals surface area contributed by atoms with Crippen LogP contribution in [0.5, 0.6) is 0 Å². The van der Waals surface area contributed by atoms with Gasteiger partial charge in [0, 0.05) is 6.04 Å². The average molecular weight is 241 g/mol. The molecule has 2 aliphatic heterocycles. The molecule has 2 N–H and O–H groups in total. The second-order valence-electron chi connectivity index (χ2n) is 4.23. The van der Waals surface area contributed by atoms with Crippen LogP contribution in [0.4, 0.5) is 0 Å². The van der Waals surface area contributed by atoms with E-state index in [0.717, 1.165) is 0 Å². The van der Waals surface area contributed by atoms with Crippen LogP contribution in [0.1, 0.15) is 23.7 Å². The molecule has 94 valence electrons. The van der Waals surface area contributed by atoms with Gasteiger partial charge >= 0.3 is 0 Å². The summed E-state index contributed by atoms with van der Waals surface area (Å²) in [4.78, 5) is 4.32. The molecule has 0 spiro atoms. The van der Waals surface area contributed by atoms with Gasteiger partial charge in [0.15, 0.2) is 0 Å². The largest absolute Gasteiger partial charge is 0.379 e. The van der Waals surface area contributed by atoms with E-state index >= 15 is 0 Å². The highest BCUT2D eigenvalue weighted by Gasteiger charge is 2.32. The van der Waals surface area contributed by atoms with Gasteiger partial charge in [-0.2, -0.15) is 4.98 Å². The van der Waals surface area contributed by atoms with E-state index < -0.39 is 0 Å². The summed E-state index contributed by atoms with van der Waals surface area (Å²) in [5.41, 5.74) is 5.89. The number of hydrogen-bond acceptors (Lipinski definition) is 7. The molecule has 0 aliphatic carbocycles. The normalized spacial score (nSPS) is 34.1. The third-order valence-corrected chi connectivity index (χ3v) is 3.00. The molecule has 17 heavy (non-hydrogen) atoms. The fraction of sp³-hybridized carbons (Fsp3) is 0.800. The molecule has 7 heteroatoms. The van der Waals surface area contributed by atoms with Crippen molar-refractivity contribution in [3.05, 3.63) is 11.7 Å². The molecule has 1 aromatic rings. The van der Waals surface area contributed by atoms with Crippen LogP contribution in [0, 0.1) is 0 Å². The van der Waals surface area contributed by atoms with Crippen LogP contribution in [0.3, 0.4) is 0 Å². The van der Waals surface area contributed by atoms with Crippen molar-refractivity contribution in [3.63, 3.8) is 0 Å². The topological polar surface area (TPSA) is 92.6 Å². The zero-order valence-corrected chi connectivity index (χ0v) is 9.37. The molecule has 2 fully saturated rings. The first-order chi connectivity index (χ1) is 8.34. The van der Waals surface area contributed by atoms with Crippen LogP contribution >= 0.6 is 0 Å². The Hall–Kier alpha value is -1.02. The lowest BCUT2D eigenvalue weighted by atomic mass is 10.1. The highest BCUT2D eigenvalue weighted by atomic mass is 16.6. The smallest absolute Gasteiger partial charge is 0.233 e. The lowest BCUT2D eigenvalue weighted by molar-refractivity contribution is -0.0941. The third kappa shape index (κ3) is 2.19. The number of aromatic nitrogens is 2. The second kappa shape index (κ2) is 4.69. The molecule has 0 aromatic carbocycles. The van der Waals surface area contributed by atoms with Crippen molar-refractivity contribution in [2.24, 2.45) is 5.73 Å². The van der Waals surface area contributed by atoms with Gasteiger partial charge in [0.1, 0.15) is 6.10 Å². The fourth-order valence-electron chi connectivity index (χ4n) is 1.99. The molecule has 3 heterocycles. The summed E-state index contributed by atoms with van der Waals surface area (Å²) in [6, 6.07) is -0.0770. The molecule has 0 amide bonds. The van der Waals surface area contributed by atoms with Crippen LogP contribution in [-0.2, 0) is 14.2 Å². The molecule has 3 rings (SSSR count). The SMILES string of the molecule is NC1COCC1c1nc(C2COCCO2)no1. The molecule has 0 bridgehead atoms. The number of rotatable bonds is 2. The first-order valence-corrected chi connectivity index (χ1v) is 5.71. The molecule has 2 saturated heterocycles. The van der Waals surface area contributed by atoms with Gasteiger partial charge in [-0.25, -0.2) is 0 Å². The van der Waals surface area contributed by atoms with Crippen molar-refractivity contribution in [1.29, 1.82) is 0 Å². The van der Waals surface area contributed by atoms with E-state index in [4.69, 9.17) is 24.5 Å². The maximum absolute atomic E-state index is 5.89. The first-order valence-electron chi connectivity index (χ1n) is 5.71. The van der Waals surface area contributed by atoms with Crippen molar-refractivity contribution in [2.75, 3.05) is 33.0 Å². The predicted octanol–water partition coefficient (Wildman–Crippen LogP) is -0.401. The highest BCUT2D eigenvalue weighted by molar-refractivity contribution is 5.03. The monoisotopic (exact) mass is 241 g/mol. The quantitative estimate of drug-likeness (QED) is 0.752. The molecule has 3 atom stereocenters. The number of hydrogen-bond donors (Lipinski definition) is 1. The van der Waals surface area contributed by atoms with Crippen molar-refractivity contribution >= 4 is 0 Å². The molecule has 7 nitrogen and oxygen atoms in total. The lowest BCUT2D eigenvalue weighted by Gasteiger charge is -2.19. The van der Waals surface area contributed by atoms with Gasteiger partial charge in [-0.05, 0) is 0 Å². The van der Waals surface area contributed by atoms with Crippen molar-refractivity contribution in [1.82, 2.24) is 10.1 Å². The maximum Gasteiger partial charge on any atom is 0.233 e. The summed E-state index contributed by atoms with van der Waals surface area (Å²) in [7, 11) is 0. The minimum Gasteiger partial charge on any atom is -0.379 e. The van der Waals surface area contributed by atoms with Crippen molar-refractivity contribution in [3.8, 4) is 0 Å². The molecular formula is C10H15N3O4. The number of nitrogens with two attached hydrogens (primary N) is 1. The Morgan fingerprint density at radius 1 is 1.12 bits per heavy atom. The number of ether oxygens (including phenoxy) is 3. The fourth-order valence-corrected chi connectivity index (χ4v) is 1.99. The van der Waals surface area contributed by atoms with E-state index in [1.807, 2.05) is 0 Å². The van der Waals surface area contributed by atoms with E-state index in [1.54, 1.807) is 0 Å². The third-order valence-electron chi connectivity index (χ3n) is 3.00. The van der Waals surface area contributed by atoms with Gasteiger partial charge in [-0.1, -0.05) is 5.16 Å². The second-order valence-corrected chi connectivity index (χ2v) is 4.23. The lowest BCUT2D eigenvalue weighted by Crippen LogP contribution is -2.27. The summed E-state index contributed by atoms with van der Waals surface area (Å²) in [6.45, 7) is 2.70. The summed E-state index contributed by atoms with van der Waals surface area (Å²) < 4.78 is 21.3. The van der Waals surface area contributed by atoms with E-state index in [0.29, 0.717) is 44.7 Å². The molecule has 0 radical (unpaired) electrons. The van der Waals surface area contributed by atoms with E-state index in [1.165, 1.54) is 0 Å². The summed E-state index contributed by atoms with van der Waals surface area (Å²) in [5, 5.41) is 3.92. The Kier molecular flexibility index (Phi) is 3.06. The van der Waals surface area contributed by atoms with Crippen LogP contribution < -0.4 is 5.73 Å². The Labute approximate surface area is 98.2 Å². The zero-order valence-electron chi connectivity index (χ0n) is 9.37. The molecule has 0 saturated carbocycles. The molecule has 2 aliphatic rings. The Bertz CT molecular complexity index is 377. The van der Waals surface area contributed by atoms with Gasteiger partial charge in [0.2, 0.25) is 11.7 Å². The van der Waals surface area contributed by atoms with Gasteiger partial charge in [0.05, 0.1) is 39.0 Å². The summed E-state index contributed by atoms with van der Waals surface area (Å²) in [5.74, 6) is 1.04. The molecular weight excluding hydrogens is 226 g/mol. The summed E-state index contributed by atoms with van der Waals surface area (Å²) in [6.07, 6.45) is -0.236. The van der Waals surface area contributed by atoms with Gasteiger partial charge in [-0.3, -0.25) is 0 Å². The molecule has 1 aromatic heterocycles. The van der Waals surface area contributed by atoms with Gasteiger partial charge in [0.25, 0.3) is 0 Å². The number of nitrogens with zero attached hydrogens (tertiary/aromatic N) is 2. The van der Waals surface area contributed by atoms with Crippen LogP contribution in [0.25, 0.3) is 0 Å². The van der Waals surface area contributed by atoms with Crippen LogP contribution in [0.2, 0.25) is 0 Å². The van der Waals surface area contributed by atoms with Crippen LogP contribution in [-0.4, -0.2) is 49.2 Å². The Morgan fingerprint density at radius 2 is 2.06 bits per heavy atom. The average Bonchev–Trinajstić information content (AvgIpc) is 2.98. The first kappa shape index (κ1) is 11.1.